The standard InChI is InChI=1S/C21H17N5O3/c27-19(28)10-18-25-26-20(29-18)14-5-6-17-15(7-14)11-22-21(24-17)23-16-8-12-3-1-2-4-13(12)9-16/h1-7,11,16H,8-10H2,(H,27,28)(H,22,23,24). The van der Waals surface area contributed by atoms with Crippen molar-refractivity contribution >= 4 is 22.8 Å². The Balaban J connectivity index is 1.35. The van der Waals surface area contributed by atoms with Crippen LogP contribution in [0.1, 0.15) is 17.0 Å². The van der Waals surface area contributed by atoms with E-state index in [2.05, 4.69) is 49.7 Å². The zero-order chi connectivity index (χ0) is 19.8. The predicted octanol–water partition coefficient (Wildman–Crippen LogP) is 2.89. The molecule has 4 aromatic rings. The van der Waals surface area contributed by atoms with E-state index in [1.807, 2.05) is 18.2 Å². The van der Waals surface area contributed by atoms with Gasteiger partial charge in [-0.2, -0.15) is 0 Å². The average molecular weight is 387 g/mol. The van der Waals surface area contributed by atoms with Crippen molar-refractivity contribution in [1.29, 1.82) is 0 Å². The molecule has 0 fully saturated rings. The number of aromatic nitrogens is 4. The third-order valence-electron chi connectivity index (χ3n) is 4.98. The highest BCUT2D eigenvalue weighted by Crippen LogP contribution is 2.25. The topological polar surface area (TPSA) is 114 Å². The summed E-state index contributed by atoms with van der Waals surface area (Å²) >= 11 is 0. The zero-order valence-corrected chi connectivity index (χ0v) is 15.4. The van der Waals surface area contributed by atoms with E-state index in [1.54, 1.807) is 6.20 Å². The van der Waals surface area contributed by atoms with Crippen molar-refractivity contribution in [2.75, 3.05) is 5.32 Å². The second-order valence-corrected chi connectivity index (χ2v) is 7.06. The number of hydrogen-bond acceptors (Lipinski definition) is 7. The van der Waals surface area contributed by atoms with Gasteiger partial charge in [0.25, 0.3) is 0 Å². The minimum Gasteiger partial charge on any atom is -0.481 e. The molecule has 0 atom stereocenters. The van der Waals surface area contributed by atoms with E-state index in [0.717, 1.165) is 23.7 Å². The second kappa shape index (κ2) is 6.97. The zero-order valence-electron chi connectivity index (χ0n) is 15.4. The first-order valence-electron chi connectivity index (χ1n) is 9.29. The Morgan fingerprint density at radius 3 is 2.69 bits per heavy atom. The highest BCUT2D eigenvalue weighted by atomic mass is 16.4. The van der Waals surface area contributed by atoms with E-state index < -0.39 is 5.97 Å². The SMILES string of the molecule is O=C(O)Cc1nnc(-c2ccc3nc(NC4Cc5ccccc5C4)ncc3c2)o1. The number of aliphatic carboxylic acids is 1. The quantitative estimate of drug-likeness (QED) is 0.537. The van der Waals surface area contributed by atoms with Crippen LogP contribution in [0.3, 0.4) is 0 Å². The molecule has 0 bridgehead atoms. The molecule has 8 nitrogen and oxygen atoms in total. The minimum atomic E-state index is -1.02. The Labute approximate surface area is 165 Å². The summed E-state index contributed by atoms with van der Waals surface area (Å²) in [6.45, 7) is 0. The maximum absolute atomic E-state index is 10.8. The van der Waals surface area contributed by atoms with E-state index >= 15 is 0 Å². The van der Waals surface area contributed by atoms with Gasteiger partial charge < -0.3 is 14.8 Å². The van der Waals surface area contributed by atoms with Crippen molar-refractivity contribution < 1.29 is 14.3 Å². The maximum Gasteiger partial charge on any atom is 0.312 e. The van der Waals surface area contributed by atoms with Gasteiger partial charge in [0.1, 0.15) is 6.42 Å². The van der Waals surface area contributed by atoms with Crippen LogP contribution in [0.5, 0.6) is 0 Å². The number of carbonyl (C=O) groups is 1. The summed E-state index contributed by atoms with van der Waals surface area (Å²) in [7, 11) is 0. The van der Waals surface area contributed by atoms with E-state index in [1.165, 1.54) is 11.1 Å². The van der Waals surface area contributed by atoms with Gasteiger partial charge in [-0.15, -0.1) is 10.2 Å². The summed E-state index contributed by atoms with van der Waals surface area (Å²) in [5.74, 6) is -0.0721. The fourth-order valence-electron chi connectivity index (χ4n) is 3.65. The first kappa shape index (κ1) is 17.3. The molecule has 1 aliphatic carbocycles. The Kier molecular flexibility index (Phi) is 4.16. The molecule has 29 heavy (non-hydrogen) atoms. The van der Waals surface area contributed by atoms with Crippen molar-refractivity contribution in [3.63, 3.8) is 0 Å². The molecule has 0 amide bonds. The molecule has 0 saturated carbocycles. The third-order valence-corrected chi connectivity index (χ3v) is 4.98. The van der Waals surface area contributed by atoms with Crippen molar-refractivity contribution in [3.8, 4) is 11.5 Å². The van der Waals surface area contributed by atoms with Crippen LogP contribution in [0, 0.1) is 0 Å². The molecular formula is C21H17N5O3. The molecule has 0 radical (unpaired) electrons. The molecule has 0 spiro atoms. The predicted molar refractivity (Wildman–Crippen MR) is 105 cm³/mol. The molecule has 2 aromatic carbocycles. The summed E-state index contributed by atoms with van der Waals surface area (Å²) in [6, 6.07) is 14.3. The summed E-state index contributed by atoms with van der Waals surface area (Å²) in [4.78, 5) is 19.8. The van der Waals surface area contributed by atoms with Gasteiger partial charge in [-0.25, -0.2) is 9.97 Å². The summed E-state index contributed by atoms with van der Waals surface area (Å²) in [5.41, 5.74) is 4.23. The van der Waals surface area contributed by atoms with Crippen molar-refractivity contribution in [1.82, 2.24) is 20.2 Å². The van der Waals surface area contributed by atoms with Crippen molar-refractivity contribution in [2.24, 2.45) is 0 Å². The molecule has 2 N–H and O–H groups in total. The number of carboxylic acid groups (broad SMARTS) is 1. The molecule has 0 unspecified atom stereocenters. The van der Waals surface area contributed by atoms with Crippen molar-refractivity contribution in [3.05, 3.63) is 65.7 Å². The lowest BCUT2D eigenvalue weighted by molar-refractivity contribution is -0.136. The van der Waals surface area contributed by atoms with Gasteiger partial charge in [-0.05, 0) is 42.2 Å². The first-order chi connectivity index (χ1) is 14.1. The molecule has 8 heteroatoms. The molecule has 1 aliphatic rings. The lowest BCUT2D eigenvalue weighted by atomic mass is 10.1. The van der Waals surface area contributed by atoms with Crippen LogP contribution < -0.4 is 5.32 Å². The van der Waals surface area contributed by atoms with E-state index in [0.29, 0.717) is 11.5 Å². The third kappa shape index (κ3) is 3.52. The van der Waals surface area contributed by atoms with Crippen LogP contribution in [0.25, 0.3) is 22.4 Å². The van der Waals surface area contributed by atoms with Gasteiger partial charge in [0, 0.05) is 23.2 Å². The first-order valence-corrected chi connectivity index (χ1v) is 9.29. The van der Waals surface area contributed by atoms with Gasteiger partial charge in [-0.3, -0.25) is 4.79 Å². The number of nitrogens with zero attached hydrogens (tertiary/aromatic N) is 4. The number of carboxylic acids is 1. The maximum atomic E-state index is 10.8. The summed E-state index contributed by atoms with van der Waals surface area (Å²) in [5, 5.41) is 20.8. The number of benzene rings is 2. The van der Waals surface area contributed by atoms with Gasteiger partial charge in [0.15, 0.2) is 0 Å². The van der Waals surface area contributed by atoms with Gasteiger partial charge in [0.05, 0.1) is 5.52 Å². The largest absolute Gasteiger partial charge is 0.481 e. The van der Waals surface area contributed by atoms with Crippen LogP contribution in [-0.4, -0.2) is 37.3 Å². The van der Waals surface area contributed by atoms with Gasteiger partial charge >= 0.3 is 5.97 Å². The van der Waals surface area contributed by atoms with Crippen molar-refractivity contribution in [2.45, 2.75) is 25.3 Å². The van der Waals surface area contributed by atoms with Gasteiger partial charge in [0.2, 0.25) is 17.7 Å². The molecule has 0 aliphatic heterocycles. The second-order valence-electron chi connectivity index (χ2n) is 7.06. The number of nitrogens with one attached hydrogen (secondary N) is 1. The van der Waals surface area contributed by atoms with Crippen LogP contribution in [0.15, 0.2) is 53.1 Å². The molecular weight excluding hydrogens is 370 g/mol. The van der Waals surface area contributed by atoms with E-state index in [9.17, 15) is 4.79 Å². The normalized spacial score (nSPS) is 13.5. The Morgan fingerprint density at radius 2 is 1.93 bits per heavy atom. The van der Waals surface area contributed by atoms with E-state index in [4.69, 9.17) is 9.52 Å². The lowest BCUT2D eigenvalue weighted by Crippen LogP contribution is -2.21. The average Bonchev–Trinajstić information content (AvgIpc) is 3.33. The molecule has 5 rings (SSSR count). The fraction of sp³-hybridized carbons (Fsp3) is 0.190. The van der Waals surface area contributed by atoms with E-state index in [-0.39, 0.29) is 24.2 Å². The monoisotopic (exact) mass is 387 g/mol. The van der Waals surface area contributed by atoms with Crippen LogP contribution >= 0.6 is 0 Å². The van der Waals surface area contributed by atoms with Crippen LogP contribution in [0.4, 0.5) is 5.95 Å². The summed E-state index contributed by atoms with van der Waals surface area (Å²) < 4.78 is 5.42. The summed E-state index contributed by atoms with van der Waals surface area (Å²) in [6.07, 6.45) is 3.38. The fourth-order valence-corrected chi connectivity index (χ4v) is 3.65. The van der Waals surface area contributed by atoms with Crippen LogP contribution in [0.2, 0.25) is 0 Å². The molecule has 0 saturated heterocycles. The Hall–Kier alpha value is -3.81. The van der Waals surface area contributed by atoms with Gasteiger partial charge in [-0.1, -0.05) is 24.3 Å². The molecule has 2 heterocycles. The molecule has 2 aromatic heterocycles. The number of rotatable bonds is 5. The Morgan fingerprint density at radius 1 is 1.14 bits per heavy atom. The smallest absolute Gasteiger partial charge is 0.312 e. The number of fused-ring (bicyclic) bond motifs is 2. The minimum absolute atomic E-state index is 0.0703. The van der Waals surface area contributed by atoms with Crippen LogP contribution in [-0.2, 0) is 24.1 Å². The highest BCUT2D eigenvalue weighted by molar-refractivity contribution is 5.83. The Bertz CT molecular complexity index is 1190. The number of anilines is 1. The molecule has 144 valence electrons. The highest BCUT2D eigenvalue weighted by Gasteiger charge is 2.21. The number of hydrogen-bond donors (Lipinski definition) is 2. The lowest BCUT2D eigenvalue weighted by Gasteiger charge is -2.12.